The summed E-state index contributed by atoms with van der Waals surface area (Å²) in [7, 11) is 0. The molecule has 4 nitrogen and oxygen atoms in total. The van der Waals surface area contributed by atoms with Crippen LogP contribution in [0.2, 0.25) is 0 Å². The van der Waals surface area contributed by atoms with Gasteiger partial charge in [0.15, 0.2) is 0 Å². The molecular weight excluding hydrogens is 170 g/mol. The lowest BCUT2D eigenvalue weighted by Crippen LogP contribution is -2.24. The van der Waals surface area contributed by atoms with Crippen molar-refractivity contribution >= 4 is 11.9 Å². The van der Waals surface area contributed by atoms with Gasteiger partial charge in [0.2, 0.25) is 5.91 Å². The van der Waals surface area contributed by atoms with Gasteiger partial charge in [0.25, 0.3) is 0 Å². The zero-order chi connectivity index (χ0) is 9.84. The molecule has 0 fully saturated rings. The van der Waals surface area contributed by atoms with E-state index in [2.05, 4.69) is 5.32 Å². The highest BCUT2D eigenvalue weighted by atomic mass is 16.4. The largest absolute Gasteiger partial charge is 0.477 e. The van der Waals surface area contributed by atoms with Crippen molar-refractivity contribution in [2.75, 3.05) is 0 Å². The fraction of sp³-hybridized carbons (Fsp3) is 0.111. The topological polar surface area (TPSA) is 66.4 Å². The SMILES string of the molecule is CC(=O)NC(=CC1=CC=C1)C(=O)O. The lowest BCUT2D eigenvalue weighted by atomic mass is 10.1. The summed E-state index contributed by atoms with van der Waals surface area (Å²) < 4.78 is 0. The summed E-state index contributed by atoms with van der Waals surface area (Å²) in [5.41, 5.74) is 0.675. The molecule has 0 saturated carbocycles. The molecule has 0 radical (unpaired) electrons. The second-order valence-corrected chi connectivity index (χ2v) is 2.57. The first kappa shape index (κ1) is 9.25. The molecule has 0 heterocycles. The summed E-state index contributed by atoms with van der Waals surface area (Å²) in [6.07, 6.45) is 6.71. The van der Waals surface area contributed by atoms with E-state index in [1.165, 1.54) is 13.0 Å². The van der Waals surface area contributed by atoms with Crippen LogP contribution in [-0.4, -0.2) is 17.0 Å². The first-order chi connectivity index (χ1) is 6.09. The predicted molar refractivity (Wildman–Crippen MR) is 46.8 cm³/mol. The van der Waals surface area contributed by atoms with Gasteiger partial charge in [0, 0.05) is 6.92 Å². The van der Waals surface area contributed by atoms with Crippen molar-refractivity contribution < 1.29 is 14.7 Å². The van der Waals surface area contributed by atoms with Gasteiger partial charge in [0.1, 0.15) is 5.70 Å². The number of nitrogens with one attached hydrogen (secondary N) is 1. The van der Waals surface area contributed by atoms with Crippen molar-refractivity contribution in [3.8, 4) is 0 Å². The van der Waals surface area contributed by atoms with Gasteiger partial charge in [-0.15, -0.1) is 0 Å². The Morgan fingerprint density at radius 1 is 1.54 bits per heavy atom. The fourth-order valence-corrected chi connectivity index (χ4v) is 0.811. The molecule has 13 heavy (non-hydrogen) atoms. The summed E-state index contributed by atoms with van der Waals surface area (Å²) in [5.74, 6) is -1.53. The summed E-state index contributed by atoms with van der Waals surface area (Å²) >= 11 is 0. The summed E-state index contributed by atoms with van der Waals surface area (Å²) in [4.78, 5) is 21.2. The second-order valence-electron chi connectivity index (χ2n) is 2.57. The molecule has 0 aliphatic heterocycles. The van der Waals surface area contributed by atoms with Gasteiger partial charge >= 0.3 is 5.97 Å². The quantitative estimate of drug-likeness (QED) is 0.623. The molecular formula is C9H9NO3. The molecule has 0 aromatic rings. The van der Waals surface area contributed by atoms with Crippen LogP contribution < -0.4 is 5.32 Å². The molecule has 1 amide bonds. The van der Waals surface area contributed by atoms with E-state index >= 15 is 0 Å². The summed E-state index contributed by atoms with van der Waals surface area (Å²) in [5, 5.41) is 10.9. The second kappa shape index (κ2) is 3.71. The molecule has 0 unspecified atom stereocenters. The van der Waals surface area contributed by atoms with Gasteiger partial charge < -0.3 is 10.4 Å². The Bertz CT molecular complexity index is 337. The van der Waals surface area contributed by atoms with E-state index in [4.69, 9.17) is 5.11 Å². The molecule has 0 aromatic heterocycles. The third-order valence-corrected chi connectivity index (χ3v) is 1.43. The van der Waals surface area contributed by atoms with Gasteiger partial charge in [-0.3, -0.25) is 4.79 Å². The van der Waals surface area contributed by atoms with E-state index in [0.717, 1.165) is 5.57 Å². The Balaban J connectivity index is 2.72. The maximum atomic E-state index is 10.6. The predicted octanol–water partition coefficient (Wildman–Crippen LogP) is 0.587. The molecule has 0 bridgehead atoms. The van der Waals surface area contributed by atoms with Gasteiger partial charge in [0.05, 0.1) is 0 Å². The summed E-state index contributed by atoms with van der Waals surface area (Å²) in [6.45, 7) is 1.27. The number of rotatable bonds is 3. The van der Waals surface area contributed by atoms with Gasteiger partial charge in [-0.25, -0.2) is 4.79 Å². The molecule has 68 valence electrons. The number of aliphatic carboxylic acids is 1. The highest BCUT2D eigenvalue weighted by Crippen LogP contribution is 2.10. The smallest absolute Gasteiger partial charge is 0.352 e. The van der Waals surface area contributed by atoms with Crippen molar-refractivity contribution in [1.82, 2.24) is 5.32 Å². The molecule has 1 aliphatic rings. The molecule has 1 rings (SSSR count). The third kappa shape index (κ3) is 2.59. The van der Waals surface area contributed by atoms with Gasteiger partial charge in [-0.05, 0) is 11.6 Å². The maximum absolute atomic E-state index is 10.6. The Kier molecular flexibility index (Phi) is 2.64. The monoisotopic (exact) mass is 179 g/mol. The van der Waals surface area contributed by atoms with Crippen LogP contribution >= 0.6 is 0 Å². The molecule has 4 heteroatoms. The van der Waals surface area contributed by atoms with Crippen LogP contribution in [0.25, 0.3) is 0 Å². The van der Waals surface area contributed by atoms with Crippen LogP contribution in [0.15, 0.2) is 35.6 Å². The minimum Gasteiger partial charge on any atom is -0.477 e. The number of carboxylic acid groups (broad SMARTS) is 1. The van der Waals surface area contributed by atoms with E-state index < -0.39 is 11.9 Å². The minimum atomic E-state index is -1.14. The molecule has 1 aliphatic carbocycles. The average Bonchev–Trinajstić information content (AvgIpc) is 1.92. The minimum absolute atomic E-state index is 0.108. The first-order valence-electron chi connectivity index (χ1n) is 3.70. The van der Waals surface area contributed by atoms with Crippen molar-refractivity contribution in [3.63, 3.8) is 0 Å². The molecule has 2 N–H and O–H groups in total. The molecule has 0 saturated heterocycles. The van der Waals surface area contributed by atoms with E-state index in [1.807, 2.05) is 0 Å². The van der Waals surface area contributed by atoms with Crippen LogP contribution in [0.5, 0.6) is 0 Å². The van der Waals surface area contributed by atoms with E-state index in [9.17, 15) is 9.59 Å². The number of allylic oxidation sites excluding steroid dienone is 5. The number of carboxylic acids is 1. The average molecular weight is 179 g/mol. The summed E-state index contributed by atoms with van der Waals surface area (Å²) in [6, 6.07) is 0. The van der Waals surface area contributed by atoms with Gasteiger partial charge in [-0.1, -0.05) is 18.2 Å². The number of hydrogen-bond acceptors (Lipinski definition) is 2. The van der Waals surface area contributed by atoms with Crippen molar-refractivity contribution in [2.45, 2.75) is 6.92 Å². The Labute approximate surface area is 75.3 Å². The Morgan fingerprint density at radius 3 is 2.46 bits per heavy atom. The van der Waals surface area contributed by atoms with Crippen LogP contribution in [0.3, 0.4) is 0 Å². The molecule has 0 atom stereocenters. The van der Waals surface area contributed by atoms with E-state index in [0.29, 0.717) is 0 Å². The highest BCUT2D eigenvalue weighted by Gasteiger charge is 2.09. The Morgan fingerprint density at radius 2 is 2.15 bits per heavy atom. The molecule has 0 aromatic carbocycles. The molecule has 0 spiro atoms. The van der Waals surface area contributed by atoms with Crippen LogP contribution in [0.4, 0.5) is 0 Å². The standard InChI is InChI=1S/C9H9NO3/c1-6(11)10-8(9(12)13)5-7-3-2-4-7/h2-5H,1H3,(H,10,11)(H,12,13). The highest BCUT2D eigenvalue weighted by molar-refractivity contribution is 5.92. The Hall–Kier alpha value is -1.84. The normalized spacial score (nSPS) is 14.5. The maximum Gasteiger partial charge on any atom is 0.352 e. The zero-order valence-corrected chi connectivity index (χ0v) is 7.07. The van der Waals surface area contributed by atoms with Gasteiger partial charge in [-0.2, -0.15) is 0 Å². The first-order valence-corrected chi connectivity index (χ1v) is 3.70. The number of hydrogen-bond donors (Lipinski definition) is 2. The fourth-order valence-electron chi connectivity index (χ4n) is 0.811. The van der Waals surface area contributed by atoms with Crippen LogP contribution in [0, 0.1) is 0 Å². The van der Waals surface area contributed by atoms with E-state index in [-0.39, 0.29) is 5.70 Å². The zero-order valence-electron chi connectivity index (χ0n) is 7.07. The number of carbonyl (C=O) groups excluding carboxylic acids is 1. The van der Waals surface area contributed by atoms with E-state index in [1.54, 1.807) is 18.2 Å². The van der Waals surface area contributed by atoms with Crippen molar-refractivity contribution in [2.24, 2.45) is 0 Å². The lowest BCUT2D eigenvalue weighted by molar-refractivity contribution is -0.134. The third-order valence-electron chi connectivity index (χ3n) is 1.43. The van der Waals surface area contributed by atoms with Crippen LogP contribution in [0.1, 0.15) is 6.92 Å². The van der Waals surface area contributed by atoms with Crippen LogP contribution in [-0.2, 0) is 9.59 Å². The number of amides is 1. The number of carbonyl (C=O) groups is 2. The lowest BCUT2D eigenvalue weighted by Gasteiger charge is -2.05. The van der Waals surface area contributed by atoms with Crippen molar-refractivity contribution in [3.05, 3.63) is 35.6 Å². The van der Waals surface area contributed by atoms with Crippen molar-refractivity contribution in [1.29, 1.82) is 0 Å².